The van der Waals surface area contributed by atoms with Gasteiger partial charge < -0.3 is 10.2 Å². The maximum absolute atomic E-state index is 14.6. The summed E-state index contributed by atoms with van der Waals surface area (Å²) in [7, 11) is 0. The second-order valence-electron chi connectivity index (χ2n) is 5.09. The fraction of sp³-hybridized carbons (Fsp3) is 0.118. The number of aromatic nitrogens is 3. The number of carboxylic acid groups (broad SMARTS) is 1. The monoisotopic (exact) mass is 327 g/mol. The van der Waals surface area contributed by atoms with Crippen LogP contribution < -0.4 is 0 Å². The van der Waals surface area contributed by atoms with E-state index in [0.717, 1.165) is 5.56 Å². The molecule has 0 unspecified atom stereocenters. The molecule has 0 amide bonds. The molecule has 3 rings (SSSR count). The summed E-state index contributed by atoms with van der Waals surface area (Å²) < 4.78 is 16.1. The van der Waals surface area contributed by atoms with Gasteiger partial charge in [-0.3, -0.25) is 9.67 Å². The van der Waals surface area contributed by atoms with Crippen molar-refractivity contribution < 1.29 is 19.4 Å². The Morgan fingerprint density at radius 1 is 1.17 bits per heavy atom. The minimum atomic E-state index is -1.33. The summed E-state index contributed by atoms with van der Waals surface area (Å²) in [5.41, 5.74) is 1.41. The predicted octanol–water partition coefficient (Wildman–Crippen LogP) is 2.44. The molecule has 0 saturated carbocycles. The van der Waals surface area contributed by atoms with E-state index < -0.39 is 17.3 Å². The number of aliphatic hydroxyl groups excluding tert-OH is 1. The predicted molar refractivity (Wildman–Crippen MR) is 84.9 cm³/mol. The third-order valence-electron chi connectivity index (χ3n) is 3.56. The summed E-state index contributed by atoms with van der Waals surface area (Å²) >= 11 is 0. The zero-order chi connectivity index (χ0) is 17.1. The standard InChI is InChI=1S/C17H14FN3O3/c18-15-12(2-1-3-13(15)17(23)24)14-10-21(8-9-22)20-16(14)11-4-6-19-7-5-11/h1-7,10,22H,8-9H2,(H,23,24). The van der Waals surface area contributed by atoms with Crippen molar-refractivity contribution in [1.29, 1.82) is 0 Å². The molecule has 0 aliphatic rings. The van der Waals surface area contributed by atoms with Crippen molar-refractivity contribution >= 4 is 5.97 Å². The van der Waals surface area contributed by atoms with Crippen molar-refractivity contribution in [1.82, 2.24) is 14.8 Å². The molecule has 0 atom stereocenters. The lowest BCUT2D eigenvalue weighted by Crippen LogP contribution is -2.02. The molecule has 7 heteroatoms. The van der Waals surface area contributed by atoms with Crippen LogP contribution in [-0.2, 0) is 6.54 Å². The Hall–Kier alpha value is -3.06. The van der Waals surface area contributed by atoms with Crippen LogP contribution in [0.3, 0.4) is 0 Å². The molecule has 0 bridgehead atoms. The van der Waals surface area contributed by atoms with Gasteiger partial charge in [-0.15, -0.1) is 0 Å². The molecule has 1 aromatic carbocycles. The van der Waals surface area contributed by atoms with Gasteiger partial charge in [0, 0.05) is 35.3 Å². The molecule has 0 aliphatic carbocycles. The highest BCUT2D eigenvalue weighted by Crippen LogP contribution is 2.33. The van der Waals surface area contributed by atoms with Crippen molar-refractivity contribution in [3.63, 3.8) is 0 Å². The number of hydrogen-bond acceptors (Lipinski definition) is 4. The lowest BCUT2D eigenvalue weighted by atomic mass is 10.00. The highest BCUT2D eigenvalue weighted by atomic mass is 19.1. The first-order chi connectivity index (χ1) is 11.6. The summed E-state index contributed by atoms with van der Waals surface area (Å²) in [5, 5.41) is 22.6. The zero-order valence-corrected chi connectivity index (χ0v) is 12.6. The molecule has 6 nitrogen and oxygen atoms in total. The van der Waals surface area contributed by atoms with Gasteiger partial charge >= 0.3 is 5.97 Å². The number of nitrogens with zero attached hydrogens (tertiary/aromatic N) is 3. The lowest BCUT2D eigenvalue weighted by molar-refractivity contribution is 0.0692. The number of carbonyl (C=O) groups is 1. The third-order valence-corrected chi connectivity index (χ3v) is 3.56. The van der Waals surface area contributed by atoms with Crippen LogP contribution >= 0.6 is 0 Å². The second-order valence-corrected chi connectivity index (χ2v) is 5.09. The Morgan fingerprint density at radius 3 is 2.58 bits per heavy atom. The minimum Gasteiger partial charge on any atom is -0.478 e. The quantitative estimate of drug-likeness (QED) is 0.751. The minimum absolute atomic E-state index is 0.117. The Morgan fingerprint density at radius 2 is 1.92 bits per heavy atom. The number of aliphatic hydroxyl groups is 1. The van der Waals surface area contributed by atoms with E-state index >= 15 is 0 Å². The first-order valence-corrected chi connectivity index (χ1v) is 7.22. The Bertz CT molecular complexity index is 878. The van der Waals surface area contributed by atoms with Crippen LogP contribution in [0, 0.1) is 5.82 Å². The average Bonchev–Trinajstić information content (AvgIpc) is 2.99. The molecule has 2 heterocycles. The summed E-state index contributed by atoms with van der Waals surface area (Å²) in [5.74, 6) is -2.15. The van der Waals surface area contributed by atoms with Crippen LogP contribution in [0.15, 0.2) is 48.9 Å². The van der Waals surface area contributed by atoms with E-state index in [1.165, 1.54) is 22.9 Å². The van der Waals surface area contributed by atoms with Crippen LogP contribution in [0.4, 0.5) is 4.39 Å². The van der Waals surface area contributed by atoms with Crippen molar-refractivity contribution in [2.45, 2.75) is 6.54 Å². The molecular weight excluding hydrogens is 313 g/mol. The molecule has 0 saturated heterocycles. The Kier molecular flexibility index (Phi) is 4.35. The SMILES string of the molecule is O=C(O)c1cccc(-c2cn(CCO)nc2-c2ccncc2)c1F. The molecule has 2 N–H and O–H groups in total. The number of pyridine rings is 1. The Labute approximate surface area is 136 Å². The first-order valence-electron chi connectivity index (χ1n) is 7.22. The normalized spacial score (nSPS) is 10.8. The molecular formula is C17H14FN3O3. The average molecular weight is 327 g/mol. The highest BCUT2D eigenvalue weighted by Gasteiger charge is 2.20. The van der Waals surface area contributed by atoms with Crippen LogP contribution in [0.5, 0.6) is 0 Å². The van der Waals surface area contributed by atoms with Gasteiger partial charge in [-0.2, -0.15) is 5.10 Å². The molecule has 0 fully saturated rings. The number of halogens is 1. The maximum Gasteiger partial charge on any atom is 0.338 e. The van der Waals surface area contributed by atoms with Gasteiger partial charge in [0.2, 0.25) is 0 Å². The number of aromatic carboxylic acids is 1. The fourth-order valence-corrected chi connectivity index (χ4v) is 2.46. The topological polar surface area (TPSA) is 88.2 Å². The van der Waals surface area contributed by atoms with E-state index in [2.05, 4.69) is 10.1 Å². The fourth-order valence-electron chi connectivity index (χ4n) is 2.46. The molecule has 24 heavy (non-hydrogen) atoms. The summed E-state index contributed by atoms with van der Waals surface area (Å²) in [4.78, 5) is 15.1. The molecule has 0 aliphatic heterocycles. The van der Waals surface area contributed by atoms with E-state index in [4.69, 9.17) is 10.2 Å². The summed E-state index contributed by atoms with van der Waals surface area (Å²) in [6.45, 7) is 0.132. The van der Waals surface area contributed by atoms with Crippen LogP contribution in [-0.4, -0.2) is 37.6 Å². The van der Waals surface area contributed by atoms with E-state index in [-0.39, 0.29) is 18.7 Å². The molecule has 122 valence electrons. The lowest BCUT2D eigenvalue weighted by Gasteiger charge is -2.06. The largest absolute Gasteiger partial charge is 0.478 e. The molecule has 3 aromatic rings. The van der Waals surface area contributed by atoms with E-state index in [0.29, 0.717) is 11.3 Å². The van der Waals surface area contributed by atoms with Crippen LogP contribution in [0.1, 0.15) is 10.4 Å². The van der Waals surface area contributed by atoms with E-state index in [9.17, 15) is 9.18 Å². The second kappa shape index (κ2) is 6.59. The molecule has 0 radical (unpaired) electrons. The van der Waals surface area contributed by atoms with Crippen molar-refractivity contribution in [2.75, 3.05) is 6.61 Å². The van der Waals surface area contributed by atoms with Crippen molar-refractivity contribution in [2.24, 2.45) is 0 Å². The van der Waals surface area contributed by atoms with E-state index in [1.54, 1.807) is 30.7 Å². The van der Waals surface area contributed by atoms with Crippen LogP contribution in [0.2, 0.25) is 0 Å². The molecule has 2 aromatic heterocycles. The van der Waals surface area contributed by atoms with Gasteiger partial charge in [-0.05, 0) is 18.2 Å². The van der Waals surface area contributed by atoms with Gasteiger partial charge in [0.25, 0.3) is 0 Å². The van der Waals surface area contributed by atoms with Crippen molar-refractivity contribution in [3.8, 4) is 22.4 Å². The van der Waals surface area contributed by atoms with Crippen LogP contribution in [0.25, 0.3) is 22.4 Å². The first kappa shape index (κ1) is 15.8. The van der Waals surface area contributed by atoms with E-state index in [1.807, 2.05) is 0 Å². The maximum atomic E-state index is 14.6. The number of rotatable bonds is 5. The number of carboxylic acids is 1. The van der Waals surface area contributed by atoms with Gasteiger partial charge in [0.15, 0.2) is 0 Å². The zero-order valence-electron chi connectivity index (χ0n) is 12.6. The summed E-state index contributed by atoms with van der Waals surface area (Å²) in [6, 6.07) is 7.67. The Balaban J connectivity index is 2.21. The highest BCUT2D eigenvalue weighted by molar-refractivity contribution is 5.91. The van der Waals surface area contributed by atoms with Gasteiger partial charge in [0.05, 0.1) is 18.7 Å². The van der Waals surface area contributed by atoms with Crippen molar-refractivity contribution in [3.05, 3.63) is 60.3 Å². The van der Waals surface area contributed by atoms with Gasteiger partial charge in [-0.1, -0.05) is 12.1 Å². The van der Waals surface area contributed by atoms with Gasteiger partial charge in [0.1, 0.15) is 11.5 Å². The number of hydrogen-bond donors (Lipinski definition) is 2. The third kappa shape index (κ3) is 2.89. The smallest absolute Gasteiger partial charge is 0.338 e. The summed E-state index contributed by atoms with van der Waals surface area (Å²) in [6.07, 6.45) is 4.78. The number of benzene rings is 1. The molecule has 0 spiro atoms. The van der Waals surface area contributed by atoms with Gasteiger partial charge in [-0.25, -0.2) is 9.18 Å².